The second kappa shape index (κ2) is 6.67. The van der Waals surface area contributed by atoms with E-state index < -0.39 is 12.3 Å². The van der Waals surface area contributed by atoms with Crippen molar-refractivity contribution in [3.63, 3.8) is 0 Å². The molecule has 0 aliphatic heterocycles. The summed E-state index contributed by atoms with van der Waals surface area (Å²) >= 11 is 0. The fourth-order valence-corrected chi connectivity index (χ4v) is 0.614. The molecule has 0 amide bonds. The van der Waals surface area contributed by atoms with Crippen molar-refractivity contribution in [2.45, 2.75) is 0 Å². The Labute approximate surface area is 90.5 Å². The number of nitrogens with two attached hydrogens (primary N) is 1. The van der Waals surface area contributed by atoms with Gasteiger partial charge in [-0.05, 0) is 12.1 Å². The Morgan fingerprint density at radius 1 is 1.44 bits per heavy atom. The fourth-order valence-electron chi connectivity index (χ4n) is 0.614. The molecule has 0 saturated carbocycles. The molecular weight excluding hydrogens is 216 g/mol. The third kappa shape index (κ3) is 5.82. The Balaban J connectivity index is 0.000000293. The van der Waals surface area contributed by atoms with E-state index in [-0.39, 0.29) is 0 Å². The second-order valence-electron chi connectivity index (χ2n) is 2.21. The van der Waals surface area contributed by atoms with Gasteiger partial charge in [-0.3, -0.25) is 0 Å². The molecule has 0 saturated heterocycles. The normalized spacial score (nSPS) is 7.94. The lowest BCUT2D eigenvalue weighted by atomic mass is 10.3. The minimum absolute atomic E-state index is 0.417. The van der Waals surface area contributed by atoms with Crippen molar-refractivity contribution < 1.29 is 24.5 Å². The number of terminal acetylenes is 1. The highest BCUT2D eigenvalue weighted by atomic mass is 16.7. The van der Waals surface area contributed by atoms with Crippen molar-refractivity contribution in [3.8, 4) is 12.3 Å². The first kappa shape index (κ1) is 13.2. The van der Waals surface area contributed by atoms with E-state index in [0.717, 1.165) is 0 Å². The molecule has 7 nitrogen and oxygen atoms in total. The Hall–Kier alpha value is -2.75. The maximum atomic E-state index is 9.21. The Morgan fingerprint density at radius 2 is 2.00 bits per heavy atom. The van der Waals surface area contributed by atoms with Gasteiger partial charge in [0, 0.05) is 6.20 Å². The monoisotopic (exact) mass is 224 g/mol. The summed E-state index contributed by atoms with van der Waals surface area (Å²) in [4.78, 5) is 22.2. The molecule has 16 heavy (non-hydrogen) atoms. The third-order valence-electron chi connectivity index (χ3n) is 1.17. The van der Waals surface area contributed by atoms with Gasteiger partial charge in [-0.25, -0.2) is 14.6 Å². The van der Waals surface area contributed by atoms with Crippen LogP contribution in [-0.4, -0.2) is 27.5 Å². The molecular formula is C9H8N2O5. The maximum Gasteiger partial charge on any atom is 0.516 e. The first-order chi connectivity index (χ1) is 7.47. The number of hydrogen-bond donors (Lipinski definition) is 3. The van der Waals surface area contributed by atoms with Gasteiger partial charge in [0.25, 0.3) is 0 Å². The maximum absolute atomic E-state index is 9.21. The van der Waals surface area contributed by atoms with Crippen molar-refractivity contribution in [1.29, 1.82) is 0 Å². The standard InChI is InChI=1S/C7H6N2.C2H2O5/c1-2-6-4-3-5-9-7(6)8;3-1(4)7-2(5)6/h1,3-5H,(H2,8,9);(H,3,4)(H,5,6). The average molecular weight is 224 g/mol. The van der Waals surface area contributed by atoms with Gasteiger partial charge in [0.15, 0.2) is 0 Å². The summed E-state index contributed by atoms with van der Waals surface area (Å²) in [5.74, 6) is 2.82. The smallest absolute Gasteiger partial charge is 0.449 e. The van der Waals surface area contributed by atoms with Crippen LogP contribution in [0.25, 0.3) is 0 Å². The molecule has 0 atom stereocenters. The molecule has 1 rings (SSSR count). The first-order valence-electron chi connectivity index (χ1n) is 3.78. The molecule has 0 radical (unpaired) electrons. The van der Waals surface area contributed by atoms with Gasteiger partial charge in [-0.15, -0.1) is 6.42 Å². The van der Waals surface area contributed by atoms with Crippen LogP contribution in [0.5, 0.6) is 0 Å². The molecule has 0 bridgehead atoms. The SMILES string of the molecule is C#Cc1cccnc1N.O=C(O)OC(=O)O. The summed E-state index contributed by atoms with van der Waals surface area (Å²) in [7, 11) is 0. The number of nitrogen functional groups attached to an aromatic ring is 1. The lowest BCUT2D eigenvalue weighted by molar-refractivity contribution is 0.0802. The summed E-state index contributed by atoms with van der Waals surface area (Å²) in [6.07, 6.45) is 3.06. The molecule has 0 aliphatic carbocycles. The average Bonchev–Trinajstić information content (AvgIpc) is 2.17. The number of nitrogens with zero attached hydrogens (tertiary/aromatic N) is 1. The molecule has 0 spiro atoms. The van der Waals surface area contributed by atoms with Gasteiger partial charge in [0.05, 0.1) is 5.56 Å². The number of aromatic nitrogens is 1. The predicted molar refractivity (Wildman–Crippen MR) is 53.7 cm³/mol. The van der Waals surface area contributed by atoms with Crippen LogP contribution in [0.2, 0.25) is 0 Å². The lowest BCUT2D eigenvalue weighted by Gasteiger charge is -1.91. The Bertz CT molecular complexity index is 412. The lowest BCUT2D eigenvalue weighted by Crippen LogP contribution is -2.05. The van der Waals surface area contributed by atoms with Crippen molar-refractivity contribution in [2.75, 3.05) is 5.73 Å². The van der Waals surface area contributed by atoms with Gasteiger partial charge in [-0.1, -0.05) is 5.92 Å². The van der Waals surface area contributed by atoms with Crippen LogP contribution in [0.3, 0.4) is 0 Å². The molecule has 1 aromatic heterocycles. The highest BCUT2D eigenvalue weighted by Crippen LogP contribution is 2.02. The molecule has 1 heterocycles. The van der Waals surface area contributed by atoms with E-state index in [0.29, 0.717) is 11.4 Å². The van der Waals surface area contributed by atoms with Gasteiger partial charge >= 0.3 is 12.3 Å². The predicted octanol–water partition coefficient (Wildman–Crippen LogP) is 1.00. The van der Waals surface area contributed by atoms with Crippen LogP contribution in [-0.2, 0) is 4.74 Å². The number of carbonyl (C=O) groups is 2. The minimum atomic E-state index is -1.81. The summed E-state index contributed by atoms with van der Waals surface area (Å²) in [5, 5.41) is 15.0. The summed E-state index contributed by atoms with van der Waals surface area (Å²) < 4.78 is 3.08. The molecule has 0 unspecified atom stereocenters. The molecule has 0 fully saturated rings. The number of pyridine rings is 1. The van der Waals surface area contributed by atoms with Gasteiger partial charge in [-0.2, -0.15) is 0 Å². The van der Waals surface area contributed by atoms with Crippen LogP contribution >= 0.6 is 0 Å². The fraction of sp³-hybridized carbons (Fsp3) is 0. The Morgan fingerprint density at radius 3 is 2.25 bits per heavy atom. The largest absolute Gasteiger partial charge is 0.516 e. The van der Waals surface area contributed by atoms with Crippen LogP contribution in [0.1, 0.15) is 5.56 Å². The van der Waals surface area contributed by atoms with Gasteiger partial charge < -0.3 is 20.7 Å². The van der Waals surface area contributed by atoms with E-state index in [9.17, 15) is 9.59 Å². The van der Waals surface area contributed by atoms with Crippen LogP contribution < -0.4 is 5.73 Å². The van der Waals surface area contributed by atoms with Crippen molar-refractivity contribution in [2.24, 2.45) is 0 Å². The van der Waals surface area contributed by atoms with E-state index in [1.165, 1.54) is 0 Å². The topological polar surface area (TPSA) is 123 Å². The first-order valence-corrected chi connectivity index (χ1v) is 3.78. The molecule has 1 aromatic rings. The zero-order chi connectivity index (χ0) is 12.6. The minimum Gasteiger partial charge on any atom is -0.449 e. The molecule has 0 aliphatic rings. The Kier molecular flexibility index (Phi) is 5.52. The highest BCUT2D eigenvalue weighted by Gasteiger charge is 2.01. The van der Waals surface area contributed by atoms with Crippen LogP contribution in [0.4, 0.5) is 15.4 Å². The van der Waals surface area contributed by atoms with Crippen molar-refractivity contribution in [1.82, 2.24) is 4.98 Å². The summed E-state index contributed by atoms with van der Waals surface area (Å²) in [5.41, 5.74) is 6.03. The molecule has 7 heteroatoms. The van der Waals surface area contributed by atoms with Crippen LogP contribution in [0.15, 0.2) is 18.3 Å². The van der Waals surface area contributed by atoms with Crippen molar-refractivity contribution in [3.05, 3.63) is 23.9 Å². The zero-order valence-electron chi connectivity index (χ0n) is 7.95. The summed E-state index contributed by atoms with van der Waals surface area (Å²) in [6, 6.07) is 3.51. The number of carboxylic acid groups (broad SMARTS) is 2. The van der Waals surface area contributed by atoms with Crippen LogP contribution in [0, 0.1) is 12.3 Å². The zero-order valence-corrected chi connectivity index (χ0v) is 7.95. The molecule has 4 N–H and O–H groups in total. The van der Waals surface area contributed by atoms with E-state index in [1.54, 1.807) is 18.3 Å². The molecule has 84 valence electrons. The third-order valence-corrected chi connectivity index (χ3v) is 1.17. The highest BCUT2D eigenvalue weighted by molar-refractivity contribution is 5.74. The summed E-state index contributed by atoms with van der Waals surface area (Å²) in [6.45, 7) is 0. The van der Waals surface area contributed by atoms with E-state index >= 15 is 0 Å². The molecule has 0 aromatic carbocycles. The van der Waals surface area contributed by atoms with E-state index in [4.69, 9.17) is 22.4 Å². The van der Waals surface area contributed by atoms with Gasteiger partial charge in [0.1, 0.15) is 5.82 Å². The number of hydrogen-bond acceptors (Lipinski definition) is 5. The number of anilines is 1. The van der Waals surface area contributed by atoms with Crippen molar-refractivity contribution >= 4 is 18.1 Å². The van der Waals surface area contributed by atoms with Gasteiger partial charge in [0.2, 0.25) is 0 Å². The second-order valence-corrected chi connectivity index (χ2v) is 2.21. The quantitative estimate of drug-likeness (QED) is 0.341. The number of rotatable bonds is 0. The number of ether oxygens (including phenoxy) is 1. The van der Waals surface area contributed by atoms with E-state index in [2.05, 4.69) is 15.6 Å². The van der Waals surface area contributed by atoms with E-state index in [1.807, 2.05) is 0 Å².